The van der Waals surface area contributed by atoms with Gasteiger partial charge < -0.3 is 21.2 Å². The molecule has 6 N–H and O–H groups in total. The van der Waals surface area contributed by atoms with Gasteiger partial charge in [-0.25, -0.2) is 8.42 Å². The van der Waals surface area contributed by atoms with Crippen molar-refractivity contribution in [3.8, 4) is 0 Å². The van der Waals surface area contributed by atoms with Gasteiger partial charge in [0.2, 0.25) is 10.0 Å². The minimum absolute atomic E-state index is 0.0224. The van der Waals surface area contributed by atoms with E-state index in [9.17, 15) is 13.2 Å². The highest BCUT2D eigenvalue weighted by atomic mass is 32.2. The smallest absolute Gasteiger partial charge is 0.302 e. The van der Waals surface area contributed by atoms with E-state index >= 15 is 0 Å². The normalized spacial score (nSPS) is 12.1. The van der Waals surface area contributed by atoms with Crippen LogP contribution >= 0.6 is 0 Å². The van der Waals surface area contributed by atoms with Crippen molar-refractivity contribution in [3.05, 3.63) is 59.2 Å². The average Bonchev–Trinajstić information content (AvgIpc) is 2.79. The number of aryl methyl sites for hydroxylation is 1. The van der Waals surface area contributed by atoms with Crippen LogP contribution in [0.4, 0.5) is 11.4 Å². The summed E-state index contributed by atoms with van der Waals surface area (Å²) in [7, 11) is -3.45. The van der Waals surface area contributed by atoms with Gasteiger partial charge in [-0.05, 0) is 60.4 Å². The van der Waals surface area contributed by atoms with Crippen molar-refractivity contribution in [1.82, 2.24) is 4.83 Å². The van der Waals surface area contributed by atoms with Gasteiger partial charge in [-0.3, -0.25) is 10.2 Å². The van der Waals surface area contributed by atoms with Crippen molar-refractivity contribution in [1.29, 1.82) is 5.41 Å². The second-order valence-corrected chi connectivity index (χ2v) is 9.55. The molecular weight excluding hydrogens is 442 g/mol. The number of anilines is 2. The number of hydrogen-bond acceptors (Lipinski definition) is 7. The second-order valence-electron chi connectivity index (χ2n) is 7.71. The van der Waals surface area contributed by atoms with Crippen molar-refractivity contribution < 1.29 is 17.9 Å². The molecule has 180 valence electrons. The standard InChI is InChI=1S/C23H33N5O4S/c1-4-6-11-33(30,31)28-27-21-13-17(5-2)12-19(14-21)22(15-32-16(3)29)26-20-9-7-18(8-10-20)23(24)25/h7-10,12-14,22,26-28H,4-6,11,15H2,1-3H3,(H3,24,25). The number of unbranched alkanes of at least 4 members (excludes halogenated alkanes) is 1. The summed E-state index contributed by atoms with van der Waals surface area (Å²) in [5.74, 6) is -0.378. The summed E-state index contributed by atoms with van der Waals surface area (Å²) >= 11 is 0. The fraction of sp³-hybridized carbons (Fsp3) is 0.391. The van der Waals surface area contributed by atoms with Gasteiger partial charge >= 0.3 is 5.97 Å². The molecule has 10 heteroatoms. The van der Waals surface area contributed by atoms with Crippen LogP contribution in [0.3, 0.4) is 0 Å². The molecule has 0 aliphatic carbocycles. The number of nitrogens with two attached hydrogens (primary N) is 1. The molecule has 2 rings (SSSR count). The van der Waals surface area contributed by atoms with E-state index in [4.69, 9.17) is 15.9 Å². The van der Waals surface area contributed by atoms with E-state index in [-0.39, 0.29) is 24.2 Å². The summed E-state index contributed by atoms with van der Waals surface area (Å²) in [6, 6.07) is 12.3. The van der Waals surface area contributed by atoms with E-state index in [0.717, 1.165) is 29.7 Å². The number of amidine groups is 1. The minimum Gasteiger partial charge on any atom is -0.463 e. The van der Waals surface area contributed by atoms with Crippen molar-refractivity contribution in [2.75, 3.05) is 23.1 Å². The van der Waals surface area contributed by atoms with Crippen molar-refractivity contribution in [2.24, 2.45) is 5.73 Å². The molecule has 0 aromatic heterocycles. The van der Waals surface area contributed by atoms with Crippen LogP contribution in [0.5, 0.6) is 0 Å². The van der Waals surface area contributed by atoms with Crippen molar-refractivity contribution in [2.45, 2.75) is 46.1 Å². The summed E-state index contributed by atoms with van der Waals surface area (Å²) in [4.78, 5) is 13.9. The Hall–Kier alpha value is -3.11. The predicted molar refractivity (Wildman–Crippen MR) is 132 cm³/mol. The number of nitrogens with one attached hydrogen (secondary N) is 4. The van der Waals surface area contributed by atoms with Gasteiger partial charge in [0.1, 0.15) is 12.4 Å². The van der Waals surface area contributed by atoms with E-state index in [0.29, 0.717) is 17.7 Å². The first-order valence-corrected chi connectivity index (χ1v) is 12.5. The molecule has 0 fully saturated rings. The molecule has 33 heavy (non-hydrogen) atoms. The van der Waals surface area contributed by atoms with E-state index < -0.39 is 16.0 Å². The lowest BCUT2D eigenvalue weighted by atomic mass is 10.0. The van der Waals surface area contributed by atoms with E-state index in [1.54, 1.807) is 24.3 Å². The number of carbonyl (C=O) groups is 1. The summed E-state index contributed by atoms with van der Waals surface area (Å²) in [5, 5.41) is 10.9. The molecule has 0 heterocycles. The number of esters is 1. The van der Waals surface area contributed by atoms with E-state index in [1.807, 2.05) is 32.0 Å². The Kier molecular flexibility index (Phi) is 9.68. The van der Waals surface area contributed by atoms with Gasteiger partial charge in [0, 0.05) is 18.2 Å². The average molecular weight is 476 g/mol. The molecule has 0 bridgehead atoms. The Bertz CT molecular complexity index is 1060. The maximum absolute atomic E-state index is 12.2. The Morgan fingerprint density at radius 3 is 2.39 bits per heavy atom. The van der Waals surface area contributed by atoms with Crippen molar-refractivity contribution in [3.63, 3.8) is 0 Å². The molecule has 0 radical (unpaired) electrons. The summed E-state index contributed by atoms with van der Waals surface area (Å²) in [5.41, 5.74) is 12.1. The molecule has 2 aromatic carbocycles. The van der Waals surface area contributed by atoms with Gasteiger partial charge in [0.05, 0.1) is 17.5 Å². The number of carbonyl (C=O) groups excluding carboxylic acids is 1. The van der Waals surface area contributed by atoms with Gasteiger partial charge in [0.15, 0.2) is 0 Å². The first kappa shape index (κ1) is 26.1. The zero-order valence-corrected chi connectivity index (χ0v) is 20.1. The summed E-state index contributed by atoms with van der Waals surface area (Å²) in [6.45, 7) is 5.37. The Balaban J connectivity index is 2.29. The van der Waals surface area contributed by atoms with Crippen LogP contribution < -0.4 is 21.3 Å². The molecule has 9 nitrogen and oxygen atoms in total. The van der Waals surface area contributed by atoms with Gasteiger partial charge in [-0.2, -0.15) is 0 Å². The fourth-order valence-corrected chi connectivity index (χ4v) is 4.13. The molecule has 0 spiro atoms. The maximum atomic E-state index is 12.2. The number of sulfonamides is 1. The predicted octanol–water partition coefficient (Wildman–Crippen LogP) is 3.30. The summed E-state index contributed by atoms with van der Waals surface area (Å²) in [6.07, 6.45) is 2.10. The Morgan fingerprint density at radius 1 is 1.12 bits per heavy atom. The van der Waals surface area contributed by atoms with Gasteiger partial charge in [0.25, 0.3) is 0 Å². The third-order valence-corrected chi connectivity index (χ3v) is 6.17. The van der Waals surface area contributed by atoms with Crippen molar-refractivity contribution >= 4 is 33.2 Å². The number of hydrogen-bond donors (Lipinski definition) is 5. The molecule has 0 aliphatic rings. The van der Waals surface area contributed by atoms with Gasteiger partial charge in [-0.1, -0.05) is 26.3 Å². The van der Waals surface area contributed by atoms with Crippen LogP contribution in [0.2, 0.25) is 0 Å². The zero-order chi connectivity index (χ0) is 24.4. The molecule has 0 amide bonds. The molecule has 1 unspecified atom stereocenters. The fourth-order valence-electron chi connectivity index (χ4n) is 3.09. The first-order chi connectivity index (χ1) is 15.6. The lowest BCUT2D eigenvalue weighted by Crippen LogP contribution is -2.31. The van der Waals surface area contributed by atoms with Crippen LogP contribution in [0.25, 0.3) is 0 Å². The largest absolute Gasteiger partial charge is 0.463 e. The molecular formula is C23H33N5O4S. The molecule has 1 atom stereocenters. The molecule has 2 aromatic rings. The van der Waals surface area contributed by atoms with Crippen LogP contribution in [0, 0.1) is 5.41 Å². The SMILES string of the molecule is CCCCS(=O)(=O)NNc1cc(CC)cc(C(COC(C)=O)Nc2ccc(C(=N)N)cc2)c1. The lowest BCUT2D eigenvalue weighted by Gasteiger charge is -2.22. The number of benzene rings is 2. The van der Waals surface area contributed by atoms with Crippen LogP contribution in [0.1, 0.15) is 56.3 Å². The third-order valence-electron chi connectivity index (χ3n) is 4.93. The van der Waals surface area contributed by atoms with E-state index in [1.165, 1.54) is 6.92 Å². The number of ether oxygens (including phenoxy) is 1. The van der Waals surface area contributed by atoms with Crippen LogP contribution in [-0.2, 0) is 26.0 Å². The Labute approximate surface area is 195 Å². The minimum atomic E-state index is -3.45. The Morgan fingerprint density at radius 2 is 1.82 bits per heavy atom. The zero-order valence-electron chi connectivity index (χ0n) is 19.3. The third kappa shape index (κ3) is 8.74. The maximum Gasteiger partial charge on any atom is 0.302 e. The quantitative estimate of drug-likeness (QED) is 0.129. The monoisotopic (exact) mass is 475 g/mol. The first-order valence-electron chi connectivity index (χ1n) is 10.9. The van der Waals surface area contributed by atoms with Crippen LogP contribution in [-0.4, -0.2) is 32.6 Å². The van der Waals surface area contributed by atoms with E-state index in [2.05, 4.69) is 15.6 Å². The number of hydrazine groups is 1. The molecule has 0 saturated carbocycles. The lowest BCUT2D eigenvalue weighted by molar-refractivity contribution is -0.141. The highest BCUT2D eigenvalue weighted by molar-refractivity contribution is 7.89. The topological polar surface area (TPSA) is 146 Å². The number of nitrogen functional groups attached to an aromatic ring is 1. The second kappa shape index (κ2) is 12.2. The molecule has 0 saturated heterocycles. The highest BCUT2D eigenvalue weighted by Crippen LogP contribution is 2.25. The summed E-state index contributed by atoms with van der Waals surface area (Å²) < 4.78 is 29.6. The number of rotatable bonds is 13. The highest BCUT2D eigenvalue weighted by Gasteiger charge is 2.16. The molecule has 0 aliphatic heterocycles. The van der Waals surface area contributed by atoms with Crippen LogP contribution in [0.15, 0.2) is 42.5 Å². The van der Waals surface area contributed by atoms with Gasteiger partial charge in [-0.15, -0.1) is 4.83 Å².